The lowest BCUT2D eigenvalue weighted by Crippen LogP contribution is -2.02. The van der Waals surface area contributed by atoms with Crippen LogP contribution in [0.15, 0.2) is 66.7 Å². The van der Waals surface area contributed by atoms with Crippen LogP contribution < -0.4 is 0 Å². The number of benzene rings is 4. The molecule has 0 saturated heterocycles. The Morgan fingerprint density at radius 2 is 1.31 bits per heavy atom. The lowest BCUT2D eigenvalue weighted by molar-refractivity contribution is 0.549. The maximum atomic E-state index is 15.2. The smallest absolute Gasteiger partial charge is 0.134 e. The van der Waals surface area contributed by atoms with Crippen LogP contribution >= 0.6 is 11.6 Å². The maximum absolute atomic E-state index is 15.2. The highest BCUT2D eigenvalue weighted by Gasteiger charge is 2.13. The van der Waals surface area contributed by atoms with Crippen molar-refractivity contribution in [3.8, 4) is 0 Å². The third kappa shape index (κ3) is 6.70. The average Bonchev–Trinajstić information content (AvgIpc) is 2.87. The summed E-state index contributed by atoms with van der Waals surface area (Å²) in [6.07, 6.45) is 7.08. The molecule has 0 N–H and O–H groups in total. The van der Waals surface area contributed by atoms with Gasteiger partial charge < -0.3 is 0 Å². The van der Waals surface area contributed by atoms with E-state index in [0.29, 0.717) is 35.2 Å². The van der Waals surface area contributed by atoms with E-state index in [-0.39, 0.29) is 17.8 Å². The van der Waals surface area contributed by atoms with Gasteiger partial charge in [-0.05, 0) is 90.4 Å². The van der Waals surface area contributed by atoms with E-state index in [1.54, 1.807) is 6.07 Å². The summed E-state index contributed by atoms with van der Waals surface area (Å²) < 4.78 is 44.5. The lowest BCUT2D eigenvalue weighted by atomic mass is 9.96. The van der Waals surface area contributed by atoms with E-state index in [9.17, 15) is 8.78 Å². The molecule has 0 unspecified atom stereocenters. The fourth-order valence-corrected chi connectivity index (χ4v) is 4.86. The van der Waals surface area contributed by atoms with Crippen molar-refractivity contribution < 1.29 is 13.2 Å². The van der Waals surface area contributed by atoms with Crippen LogP contribution in [-0.2, 0) is 32.1 Å². The van der Waals surface area contributed by atoms with Gasteiger partial charge in [0.05, 0.1) is 0 Å². The minimum Gasteiger partial charge on any atom is -0.207 e. The predicted molar refractivity (Wildman–Crippen MR) is 144 cm³/mol. The first kappa shape index (κ1) is 26.3. The number of fused-ring (bicyclic) bond motifs is 1. The summed E-state index contributed by atoms with van der Waals surface area (Å²) in [7, 11) is 0. The molecule has 0 bridgehead atoms. The Morgan fingerprint density at radius 1 is 0.611 bits per heavy atom. The van der Waals surface area contributed by atoms with Crippen molar-refractivity contribution in [3.05, 3.63) is 117 Å². The van der Waals surface area contributed by atoms with Crippen LogP contribution in [0.3, 0.4) is 0 Å². The standard InChI is InChI=1S/C32H32ClF3/c1-2-3-4-5-6-24-20-30(34)29(31(35)21-24)18-11-23-10-17-28-26(19-23)14-13-25(32(28)36)12-7-22-8-15-27(33)16-9-22/h8-10,13-17,19-21H,2-7,11-12,18H2,1H3. The number of hydrogen-bond acceptors (Lipinski definition) is 0. The van der Waals surface area contributed by atoms with Crippen molar-refractivity contribution in [2.75, 3.05) is 0 Å². The summed E-state index contributed by atoms with van der Waals surface area (Å²) in [5, 5.41) is 2.05. The fraction of sp³-hybridized carbons (Fsp3) is 0.312. The second-order valence-electron chi connectivity index (χ2n) is 9.57. The zero-order chi connectivity index (χ0) is 25.5. The molecule has 0 nitrogen and oxygen atoms in total. The van der Waals surface area contributed by atoms with Crippen LogP contribution in [0.25, 0.3) is 10.8 Å². The summed E-state index contributed by atoms with van der Waals surface area (Å²) in [5.74, 6) is -1.16. The summed E-state index contributed by atoms with van der Waals surface area (Å²) in [4.78, 5) is 0. The quantitative estimate of drug-likeness (QED) is 0.177. The van der Waals surface area contributed by atoms with Gasteiger partial charge in [-0.15, -0.1) is 0 Å². The summed E-state index contributed by atoms with van der Waals surface area (Å²) in [6, 6.07) is 19.9. The summed E-state index contributed by atoms with van der Waals surface area (Å²) in [6.45, 7) is 2.14. The van der Waals surface area contributed by atoms with E-state index in [0.717, 1.165) is 54.2 Å². The first-order valence-electron chi connectivity index (χ1n) is 12.9. The zero-order valence-corrected chi connectivity index (χ0v) is 21.5. The number of halogens is 4. The minimum absolute atomic E-state index is 0.121. The molecule has 0 aromatic heterocycles. The molecule has 36 heavy (non-hydrogen) atoms. The normalized spacial score (nSPS) is 11.4. The van der Waals surface area contributed by atoms with Gasteiger partial charge in [0.2, 0.25) is 0 Å². The van der Waals surface area contributed by atoms with Gasteiger partial charge in [-0.1, -0.05) is 80.3 Å². The summed E-state index contributed by atoms with van der Waals surface area (Å²) in [5.41, 5.74) is 3.55. The Morgan fingerprint density at radius 3 is 2.03 bits per heavy atom. The first-order valence-corrected chi connectivity index (χ1v) is 13.2. The average molecular weight is 509 g/mol. The van der Waals surface area contributed by atoms with Crippen LogP contribution in [0, 0.1) is 17.5 Å². The minimum atomic E-state index is -0.474. The Hall–Kier alpha value is -2.78. The molecule has 0 fully saturated rings. The molecule has 0 aliphatic heterocycles. The van der Waals surface area contributed by atoms with Crippen LogP contribution in [0.2, 0.25) is 5.02 Å². The monoisotopic (exact) mass is 508 g/mol. The molecule has 0 amide bonds. The molecule has 0 saturated carbocycles. The highest BCUT2D eigenvalue weighted by atomic mass is 35.5. The van der Waals surface area contributed by atoms with E-state index in [1.165, 1.54) is 12.1 Å². The van der Waals surface area contributed by atoms with Crippen LogP contribution in [0.1, 0.15) is 60.4 Å². The van der Waals surface area contributed by atoms with E-state index in [4.69, 9.17) is 11.6 Å². The Bertz CT molecular complexity index is 1290. The van der Waals surface area contributed by atoms with Crippen molar-refractivity contribution in [3.63, 3.8) is 0 Å². The number of aryl methyl sites for hydroxylation is 4. The zero-order valence-electron chi connectivity index (χ0n) is 20.7. The van der Waals surface area contributed by atoms with Crippen LogP contribution in [-0.4, -0.2) is 0 Å². The van der Waals surface area contributed by atoms with E-state index < -0.39 is 11.6 Å². The Labute approximate surface area is 217 Å². The lowest BCUT2D eigenvalue weighted by Gasteiger charge is -2.11. The van der Waals surface area contributed by atoms with E-state index in [2.05, 4.69) is 6.92 Å². The van der Waals surface area contributed by atoms with Gasteiger partial charge in [0.25, 0.3) is 0 Å². The van der Waals surface area contributed by atoms with Crippen molar-refractivity contribution in [1.29, 1.82) is 0 Å². The van der Waals surface area contributed by atoms with Gasteiger partial charge in [0, 0.05) is 16.0 Å². The van der Waals surface area contributed by atoms with Gasteiger partial charge in [-0.25, -0.2) is 13.2 Å². The molecule has 0 spiro atoms. The molecular formula is C32H32ClF3. The third-order valence-corrected chi connectivity index (χ3v) is 7.13. The molecule has 188 valence electrons. The molecule has 0 aliphatic carbocycles. The summed E-state index contributed by atoms with van der Waals surface area (Å²) >= 11 is 5.94. The van der Waals surface area contributed by atoms with E-state index in [1.807, 2.05) is 48.5 Å². The molecule has 0 aliphatic rings. The molecular weight excluding hydrogens is 477 g/mol. The van der Waals surface area contributed by atoms with Crippen molar-refractivity contribution >= 4 is 22.4 Å². The first-order chi connectivity index (χ1) is 17.4. The maximum Gasteiger partial charge on any atom is 0.134 e. The second kappa shape index (κ2) is 12.5. The molecule has 4 heteroatoms. The molecule has 4 aromatic carbocycles. The third-order valence-electron chi connectivity index (χ3n) is 6.88. The Kier molecular flexibility index (Phi) is 9.09. The highest BCUT2D eigenvalue weighted by molar-refractivity contribution is 6.30. The van der Waals surface area contributed by atoms with Crippen molar-refractivity contribution in [1.82, 2.24) is 0 Å². The van der Waals surface area contributed by atoms with Crippen LogP contribution in [0.4, 0.5) is 13.2 Å². The largest absolute Gasteiger partial charge is 0.207 e. The molecule has 4 rings (SSSR count). The van der Waals surface area contributed by atoms with Crippen molar-refractivity contribution in [2.45, 2.75) is 64.7 Å². The molecule has 0 atom stereocenters. The topological polar surface area (TPSA) is 0 Å². The molecule has 0 radical (unpaired) electrons. The van der Waals surface area contributed by atoms with Crippen molar-refractivity contribution in [2.24, 2.45) is 0 Å². The van der Waals surface area contributed by atoms with Gasteiger partial charge in [-0.2, -0.15) is 0 Å². The predicted octanol–water partition coefficient (Wildman–Crippen LogP) is 9.60. The molecule has 4 aromatic rings. The highest BCUT2D eigenvalue weighted by Crippen LogP contribution is 2.25. The van der Waals surface area contributed by atoms with Gasteiger partial charge in [0.1, 0.15) is 17.5 Å². The number of rotatable bonds is 11. The fourth-order valence-electron chi connectivity index (χ4n) is 4.73. The SMILES string of the molecule is CCCCCCc1cc(F)c(CCc2ccc3c(F)c(CCc4ccc(Cl)cc4)ccc3c2)c(F)c1. The Balaban J connectivity index is 1.41. The van der Waals surface area contributed by atoms with Gasteiger partial charge in [0.15, 0.2) is 0 Å². The van der Waals surface area contributed by atoms with E-state index >= 15 is 4.39 Å². The number of hydrogen-bond donors (Lipinski definition) is 0. The second-order valence-corrected chi connectivity index (χ2v) is 10.0. The van der Waals surface area contributed by atoms with Gasteiger partial charge >= 0.3 is 0 Å². The number of unbranched alkanes of at least 4 members (excludes halogenated alkanes) is 3. The van der Waals surface area contributed by atoms with Crippen LogP contribution in [0.5, 0.6) is 0 Å². The molecule has 0 heterocycles. The van der Waals surface area contributed by atoms with Gasteiger partial charge in [-0.3, -0.25) is 0 Å².